The Balaban J connectivity index is 0.000000284. The molecule has 0 heterocycles. The Hall–Kier alpha value is -5.21. The highest BCUT2D eigenvalue weighted by Crippen LogP contribution is 2.41. The molecule has 6 rings (SSSR count). The second-order valence-corrected chi connectivity index (χ2v) is 16.5. The van der Waals surface area contributed by atoms with E-state index in [1.165, 1.54) is 77.7 Å². The molecule has 2 fully saturated rings. The standard InChI is InChI=1S/C25H34N2O4.C16H16O5.C9H20N2.ClH/c1-27(2)25(13-9-6-10-14-25)18-26-24(28)20-15-21(29-3)23(22(16-20)30-4)31-17-19-11-7-5-8-12-19;1-19-13-8-12(16(17)18)9-14(20-2)15(13)21-10-11-6-4-3-5-7-11;1-11(2)9(8-10)6-4-3-5-7-9;/h5,7-8,11-12,15-16H,6,9-10,13-14,17-18H2,1-4H3,(H,26,28);3-9H,10H2,1-2H3,(H,17,18);3-8,10H2,1-2H3;1H. The number of nitrogens with zero attached hydrogens (tertiary/aromatic N) is 2. The quantitative estimate of drug-likeness (QED) is 0.0928. The van der Waals surface area contributed by atoms with E-state index in [1.54, 1.807) is 26.4 Å². The lowest BCUT2D eigenvalue weighted by molar-refractivity contribution is 0.0695. The van der Waals surface area contributed by atoms with Gasteiger partial charge < -0.3 is 54.4 Å². The van der Waals surface area contributed by atoms with Crippen molar-refractivity contribution in [1.82, 2.24) is 15.1 Å². The highest BCUT2D eigenvalue weighted by atomic mass is 35.5. The number of aromatic carboxylic acids is 1. The Kier molecular flexibility index (Phi) is 22.0. The van der Waals surface area contributed by atoms with Crippen molar-refractivity contribution < 1.29 is 43.1 Å². The van der Waals surface area contributed by atoms with E-state index in [-0.39, 0.29) is 29.4 Å². The molecule has 0 spiro atoms. The number of nitrogens with one attached hydrogen (secondary N) is 1. The lowest BCUT2D eigenvalue weighted by Crippen LogP contribution is -2.53. The first-order valence-corrected chi connectivity index (χ1v) is 21.8. The molecule has 14 heteroatoms. The summed E-state index contributed by atoms with van der Waals surface area (Å²) < 4.78 is 33.2. The summed E-state index contributed by atoms with van der Waals surface area (Å²) in [7, 11) is 14.5. The molecule has 0 aromatic heterocycles. The van der Waals surface area contributed by atoms with Crippen molar-refractivity contribution in [2.24, 2.45) is 5.73 Å². The molecule has 2 aliphatic carbocycles. The minimum absolute atomic E-state index is 0. The molecule has 0 radical (unpaired) electrons. The molecule has 4 aromatic rings. The average molecular weight is 908 g/mol. The van der Waals surface area contributed by atoms with Crippen LogP contribution in [0.3, 0.4) is 0 Å². The lowest BCUT2D eigenvalue weighted by Gasteiger charge is -2.43. The number of rotatable bonds is 17. The van der Waals surface area contributed by atoms with Crippen molar-refractivity contribution in [1.29, 1.82) is 0 Å². The first kappa shape index (κ1) is 53.1. The predicted molar refractivity (Wildman–Crippen MR) is 255 cm³/mol. The van der Waals surface area contributed by atoms with Gasteiger partial charge in [0.25, 0.3) is 5.91 Å². The lowest BCUT2D eigenvalue weighted by atomic mass is 9.80. The van der Waals surface area contributed by atoms with E-state index in [1.807, 2.05) is 60.7 Å². The third-order valence-electron chi connectivity index (χ3n) is 12.3. The van der Waals surface area contributed by atoms with Crippen LogP contribution >= 0.6 is 12.4 Å². The number of likely N-dealkylation sites (N-methyl/N-ethyl adjacent to an activating group) is 2. The van der Waals surface area contributed by atoms with Gasteiger partial charge in [0, 0.05) is 29.7 Å². The van der Waals surface area contributed by atoms with E-state index in [0.29, 0.717) is 65.4 Å². The topological polar surface area (TPSA) is 154 Å². The van der Waals surface area contributed by atoms with Crippen molar-refractivity contribution in [3.63, 3.8) is 0 Å². The Bertz CT molecular complexity index is 1960. The number of nitrogens with two attached hydrogens (primary N) is 1. The fraction of sp³-hybridized carbons (Fsp3) is 0.480. The molecule has 0 aliphatic heterocycles. The number of ether oxygens (including phenoxy) is 6. The molecular weight excluding hydrogens is 836 g/mol. The normalized spacial score (nSPS) is 14.9. The summed E-state index contributed by atoms with van der Waals surface area (Å²) in [4.78, 5) is 28.6. The van der Waals surface area contributed by atoms with E-state index < -0.39 is 5.97 Å². The first-order chi connectivity index (χ1) is 30.3. The van der Waals surface area contributed by atoms with Gasteiger partial charge in [0.05, 0.1) is 34.0 Å². The molecule has 4 aromatic carbocycles. The van der Waals surface area contributed by atoms with Crippen LogP contribution in [0.2, 0.25) is 0 Å². The monoisotopic (exact) mass is 906 g/mol. The summed E-state index contributed by atoms with van der Waals surface area (Å²) in [5.41, 5.74) is 8.74. The molecule has 1 amide bonds. The molecule has 0 unspecified atom stereocenters. The summed E-state index contributed by atoms with van der Waals surface area (Å²) in [6, 6.07) is 25.7. The van der Waals surface area contributed by atoms with Crippen molar-refractivity contribution in [3.8, 4) is 34.5 Å². The number of carbonyl (C=O) groups is 2. The summed E-state index contributed by atoms with van der Waals surface area (Å²) in [5.74, 6) is 1.27. The zero-order chi connectivity index (χ0) is 45.8. The number of methoxy groups -OCH3 is 4. The molecule has 0 bridgehead atoms. The first-order valence-electron chi connectivity index (χ1n) is 21.8. The van der Waals surface area contributed by atoms with Crippen LogP contribution < -0.4 is 39.5 Å². The van der Waals surface area contributed by atoms with Crippen LogP contribution in [0.25, 0.3) is 0 Å². The molecule has 0 atom stereocenters. The second-order valence-electron chi connectivity index (χ2n) is 16.5. The number of halogens is 1. The fourth-order valence-corrected chi connectivity index (χ4v) is 8.14. The molecule has 2 saturated carbocycles. The van der Waals surface area contributed by atoms with Crippen molar-refractivity contribution in [2.75, 3.05) is 69.7 Å². The largest absolute Gasteiger partial charge is 0.493 e. The van der Waals surface area contributed by atoms with Crippen LogP contribution in [-0.4, -0.2) is 108 Å². The molecule has 64 heavy (non-hydrogen) atoms. The number of hydrogen-bond acceptors (Lipinski definition) is 11. The zero-order valence-electron chi connectivity index (χ0n) is 39.1. The van der Waals surface area contributed by atoms with Crippen LogP contribution in [0.4, 0.5) is 0 Å². The maximum atomic E-state index is 13.0. The van der Waals surface area contributed by atoms with Gasteiger partial charge in [-0.1, -0.05) is 99.2 Å². The van der Waals surface area contributed by atoms with Gasteiger partial charge in [0.2, 0.25) is 11.5 Å². The van der Waals surface area contributed by atoms with Crippen LogP contribution in [0, 0.1) is 0 Å². The molecule has 4 N–H and O–H groups in total. The van der Waals surface area contributed by atoms with Crippen LogP contribution in [0.15, 0.2) is 84.9 Å². The maximum absolute atomic E-state index is 13.0. The third-order valence-corrected chi connectivity index (χ3v) is 12.3. The summed E-state index contributed by atoms with van der Waals surface area (Å²) in [6.45, 7) is 2.15. The highest BCUT2D eigenvalue weighted by molar-refractivity contribution is 5.95. The van der Waals surface area contributed by atoms with Gasteiger partial charge in [-0.2, -0.15) is 0 Å². The van der Waals surface area contributed by atoms with E-state index in [2.05, 4.69) is 43.3 Å². The number of amides is 1. The van der Waals surface area contributed by atoms with Gasteiger partial charge in [-0.15, -0.1) is 12.4 Å². The van der Waals surface area contributed by atoms with E-state index in [0.717, 1.165) is 30.5 Å². The molecular formula is C50H71ClN4O9. The predicted octanol–water partition coefficient (Wildman–Crippen LogP) is 8.89. The van der Waals surface area contributed by atoms with Gasteiger partial charge >= 0.3 is 5.97 Å². The van der Waals surface area contributed by atoms with Crippen molar-refractivity contribution in [2.45, 2.75) is 88.5 Å². The van der Waals surface area contributed by atoms with Gasteiger partial charge in [0.15, 0.2) is 23.0 Å². The van der Waals surface area contributed by atoms with Gasteiger partial charge in [-0.25, -0.2) is 4.79 Å². The molecule has 13 nitrogen and oxygen atoms in total. The van der Waals surface area contributed by atoms with Gasteiger partial charge in [0.1, 0.15) is 13.2 Å². The Labute approximate surface area is 386 Å². The third kappa shape index (κ3) is 14.7. The summed E-state index contributed by atoms with van der Waals surface area (Å²) >= 11 is 0. The number of carboxylic acid groups (broad SMARTS) is 1. The second kappa shape index (κ2) is 26.5. The summed E-state index contributed by atoms with van der Waals surface area (Å²) in [6.07, 6.45) is 12.5. The molecule has 352 valence electrons. The number of hydrogen-bond donors (Lipinski definition) is 3. The maximum Gasteiger partial charge on any atom is 0.335 e. The SMILES string of the molecule is CN(C)C1(CN)CCCCC1.COc1cc(C(=O)NCC2(N(C)C)CCCCC2)cc(OC)c1OCc1ccccc1.COc1cc(C(=O)O)cc(OC)c1OCc1ccccc1.Cl. The zero-order valence-corrected chi connectivity index (χ0v) is 39.9. The Morgan fingerprint density at radius 1 is 0.594 bits per heavy atom. The van der Waals surface area contributed by atoms with E-state index >= 15 is 0 Å². The van der Waals surface area contributed by atoms with Crippen molar-refractivity contribution >= 4 is 24.3 Å². The Morgan fingerprint density at radius 2 is 0.953 bits per heavy atom. The van der Waals surface area contributed by atoms with Crippen LogP contribution in [-0.2, 0) is 13.2 Å². The minimum atomic E-state index is -1.05. The fourth-order valence-electron chi connectivity index (χ4n) is 8.14. The van der Waals surface area contributed by atoms with Crippen molar-refractivity contribution in [3.05, 3.63) is 107 Å². The van der Waals surface area contributed by atoms with Crippen LogP contribution in [0.5, 0.6) is 34.5 Å². The minimum Gasteiger partial charge on any atom is -0.493 e. The van der Waals surface area contributed by atoms with Gasteiger partial charge in [-0.3, -0.25) is 4.79 Å². The molecule has 2 aliphatic rings. The number of carboxylic acids is 1. The highest BCUT2D eigenvalue weighted by Gasteiger charge is 2.35. The smallest absolute Gasteiger partial charge is 0.335 e. The van der Waals surface area contributed by atoms with E-state index in [4.69, 9.17) is 39.3 Å². The Morgan fingerprint density at radius 3 is 1.27 bits per heavy atom. The molecule has 0 saturated heterocycles. The van der Waals surface area contributed by atoms with Crippen LogP contribution in [0.1, 0.15) is 96.1 Å². The summed E-state index contributed by atoms with van der Waals surface area (Å²) in [5, 5.41) is 12.2. The van der Waals surface area contributed by atoms with Gasteiger partial charge in [-0.05, 0) is 89.3 Å². The average Bonchev–Trinajstić information content (AvgIpc) is 3.32. The van der Waals surface area contributed by atoms with E-state index in [9.17, 15) is 9.59 Å². The number of carbonyl (C=O) groups excluding carboxylic acids is 1. The number of benzene rings is 4.